The van der Waals surface area contributed by atoms with Gasteiger partial charge in [0.15, 0.2) is 0 Å². The molecule has 0 aromatic carbocycles. The van der Waals surface area contributed by atoms with Gasteiger partial charge in [0.1, 0.15) is 0 Å². The van der Waals surface area contributed by atoms with Crippen molar-refractivity contribution in [3.8, 4) is 0 Å². The van der Waals surface area contributed by atoms with Gasteiger partial charge in [-0.05, 0) is 27.2 Å². The predicted octanol–water partition coefficient (Wildman–Crippen LogP) is 0.465. The number of aromatic nitrogens is 2. The molecule has 0 unspecified atom stereocenters. The Morgan fingerprint density at radius 3 is 2.55 bits per heavy atom. The zero-order valence-electron chi connectivity index (χ0n) is 13.7. The van der Waals surface area contributed by atoms with E-state index in [0.717, 1.165) is 30.6 Å². The molecule has 0 aliphatic heterocycles. The standard InChI is InChI=1S/C15H28N4O/c1-7-8-13-12(11-17-19(13)15(2,3)4)14(20)16-9-10-18(5)6/h11H,7-10H2,1-6H3,(H,16,20)/p+1. The molecular formula is C15H29N4O+. The highest BCUT2D eigenvalue weighted by atomic mass is 16.1. The first-order chi connectivity index (χ1) is 9.27. The molecule has 5 heteroatoms. The van der Waals surface area contributed by atoms with E-state index >= 15 is 0 Å². The molecule has 1 aromatic heterocycles. The summed E-state index contributed by atoms with van der Waals surface area (Å²) in [5.41, 5.74) is 1.65. The second-order valence-corrected chi connectivity index (χ2v) is 6.55. The second-order valence-electron chi connectivity index (χ2n) is 6.55. The van der Waals surface area contributed by atoms with Crippen LogP contribution in [0.4, 0.5) is 0 Å². The number of carbonyl (C=O) groups excluding carboxylic acids is 1. The van der Waals surface area contributed by atoms with Gasteiger partial charge in [-0.25, -0.2) is 0 Å². The van der Waals surface area contributed by atoms with Gasteiger partial charge in [0.05, 0.1) is 50.2 Å². The van der Waals surface area contributed by atoms with Crippen LogP contribution in [-0.2, 0) is 12.0 Å². The van der Waals surface area contributed by atoms with E-state index in [0.29, 0.717) is 6.54 Å². The molecule has 2 N–H and O–H groups in total. The van der Waals surface area contributed by atoms with Crippen molar-refractivity contribution >= 4 is 5.91 Å². The molecule has 0 fully saturated rings. The summed E-state index contributed by atoms with van der Waals surface area (Å²) < 4.78 is 1.97. The van der Waals surface area contributed by atoms with Gasteiger partial charge in [-0.1, -0.05) is 13.3 Å². The number of hydrogen-bond acceptors (Lipinski definition) is 2. The number of nitrogens with one attached hydrogen (secondary N) is 2. The summed E-state index contributed by atoms with van der Waals surface area (Å²) in [4.78, 5) is 13.6. The first-order valence-electron chi connectivity index (χ1n) is 7.42. The van der Waals surface area contributed by atoms with E-state index < -0.39 is 0 Å². The first-order valence-corrected chi connectivity index (χ1v) is 7.42. The molecule has 0 aliphatic carbocycles. The SMILES string of the molecule is CCCc1c(C(=O)NCC[NH+](C)C)cnn1C(C)(C)C. The maximum absolute atomic E-state index is 12.3. The van der Waals surface area contributed by atoms with E-state index in [1.807, 2.05) is 4.68 Å². The Bertz CT molecular complexity index is 443. The summed E-state index contributed by atoms with van der Waals surface area (Å²) in [5.74, 6) is -0.00907. The zero-order valence-corrected chi connectivity index (χ0v) is 13.7. The molecule has 0 aliphatic rings. The molecule has 1 rings (SSSR count). The van der Waals surface area contributed by atoms with Crippen LogP contribution >= 0.6 is 0 Å². The summed E-state index contributed by atoms with van der Waals surface area (Å²) in [5, 5.41) is 7.40. The Morgan fingerprint density at radius 2 is 2.05 bits per heavy atom. The summed E-state index contributed by atoms with van der Waals surface area (Å²) in [6.45, 7) is 10.1. The van der Waals surface area contributed by atoms with Crippen LogP contribution in [0.25, 0.3) is 0 Å². The van der Waals surface area contributed by atoms with Gasteiger partial charge >= 0.3 is 0 Å². The Labute approximate surface area is 122 Å². The van der Waals surface area contributed by atoms with Crippen LogP contribution in [0.15, 0.2) is 6.20 Å². The molecule has 0 bridgehead atoms. The fourth-order valence-corrected chi connectivity index (χ4v) is 2.14. The highest BCUT2D eigenvalue weighted by Gasteiger charge is 2.23. The molecule has 20 heavy (non-hydrogen) atoms. The maximum atomic E-state index is 12.3. The van der Waals surface area contributed by atoms with Crippen molar-refractivity contribution in [1.82, 2.24) is 15.1 Å². The Balaban J connectivity index is 2.89. The van der Waals surface area contributed by atoms with Crippen molar-refractivity contribution < 1.29 is 9.69 Å². The molecule has 0 saturated carbocycles. The molecular weight excluding hydrogens is 252 g/mol. The molecule has 5 nitrogen and oxygen atoms in total. The topological polar surface area (TPSA) is 51.4 Å². The third kappa shape index (κ3) is 4.34. The van der Waals surface area contributed by atoms with Gasteiger partial charge in [0, 0.05) is 0 Å². The molecule has 1 aromatic rings. The van der Waals surface area contributed by atoms with Gasteiger partial charge in [-0.2, -0.15) is 5.10 Å². The van der Waals surface area contributed by atoms with Crippen molar-refractivity contribution in [3.63, 3.8) is 0 Å². The molecule has 1 amide bonds. The van der Waals surface area contributed by atoms with Crippen LogP contribution < -0.4 is 10.2 Å². The molecule has 0 saturated heterocycles. The van der Waals surface area contributed by atoms with E-state index in [9.17, 15) is 4.79 Å². The lowest BCUT2D eigenvalue weighted by Crippen LogP contribution is -3.06. The zero-order chi connectivity index (χ0) is 15.3. The molecule has 0 spiro atoms. The van der Waals surface area contributed by atoms with Crippen molar-refractivity contribution in [2.75, 3.05) is 27.2 Å². The largest absolute Gasteiger partial charge is 0.346 e. The van der Waals surface area contributed by atoms with Crippen LogP contribution in [0.5, 0.6) is 0 Å². The minimum absolute atomic E-state index is 0.00907. The predicted molar refractivity (Wildman–Crippen MR) is 81.2 cm³/mol. The summed E-state index contributed by atoms with van der Waals surface area (Å²) in [6.07, 6.45) is 3.58. The molecule has 0 atom stereocenters. The molecule has 0 radical (unpaired) electrons. The number of rotatable bonds is 6. The van der Waals surface area contributed by atoms with Crippen LogP contribution in [0.1, 0.15) is 50.2 Å². The normalized spacial score (nSPS) is 11.9. The minimum atomic E-state index is -0.100. The third-order valence-electron chi connectivity index (χ3n) is 3.15. The van der Waals surface area contributed by atoms with Gasteiger partial charge < -0.3 is 10.2 Å². The van der Waals surface area contributed by atoms with Crippen molar-refractivity contribution in [2.45, 2.75) is 46.1 Å². The van der Waals surface area contributed by atoms with Crippen LogP contribution in [0.2, 0.25) is 0 Å². The third-order valence-corrected chi connectivity index (χ3v) is 3.15. The van der Waals surface area contributed by atoms with E-state index in [-0.39, 0.29) is 11.4 Å². The fourth-order valence-electron chi connectivity index (χ4n) is 2.14. The van der Waals surface area contributed by atoms with Crippen LogP contribution in [-0.4, -0.2) is 42.9 Å². The highest BCUT2D eigenvalue weighted by molar-refractivity contribution is 5.95. The fraction of sp³-hybridized carbons (Fsp3) is 0.733. The van der Waals surface area contributed by atoms with E-state index in [4.69, 9.17) is 0 Å². The molecule has 1 heterocycles. The van der Waals surface area contributed by atoms with Crippen molar-refractivity contribution in [3.05, 3.63) is 17.5 Å². The highest BCUT2D eigenvalue weighted by Crippen LogP contribution is 2.20. The maximum Gasteiger partial charge on any atom is 0.254 e. The Hall–Kier alpha value is -1.36. The number of hydrogen-bond donors (Lipinski definition) is 2. The lowest BCUT2D eigenvalue weighted by atomic mass is 10.1. The lowest BCUT2D eigenvalue weighted by Gasteiger charge is -2.22. The first kappa shape index (κ1) is 16.7. The summed E-state index contributed by atoms with van der Waals surface area (Å²) in [6, 6.07) is 0. The van der Waals surface area contributed by atoms with E-state index in [1.54, 1.807) is 6.20 Å². The van der Waals surface area contributed by atoms with Crippen molar-refractivity contribution in [2.24, 2.45) is 0 Å². The van der Waals surface area contributed by atoms with Crippen molar-refractivity contribution in [1.29, 1.82) is 0 Å². The van der Waals surface area contributed by atoms with Gasteiger partial charge in [0.2, 0.25) is 0 Å². The quantitative estimate of drug-likeness (QED) is 0.796. The summed E-state index contributed by atoms with van der Waals surface area (Å²) in [7, 11) is 4.15. The average molecular weight is 281 g/mol. The Kier molecular flexibility index (Phi) is 5.74. The Morgan fingerprint density at radius 1 is 1.40 bits per heavy atom. The second kappa shape index (κ2) is 6.88. The van der Waals surface area contributed by atoms with E-state index in [2.05, 4.69) is 52.2 Å². The molecule has 114 valence electrons. The number of amides is 1. The van der Waals surface area contributed by atoms with E-state index in [1.165, 1.54) is 4.90 Å². The monoisotopic (exact) mass is 281 g/mol. The number of nitrogens with zero attached hydrogens (tertiary/aromatic N) is 2. The average Bonchev–Trinajstić information content (AvgIpc) is 2.72. The number of likely N-dealkylation sites (N-methyl/N-ethyl adjacent to an activating group) is 1. The summed E-state index contributed by atoms with van der Waals surface area (Å²) >= 11 is 0. The van der Waals surface area contributed by atoms with Gasteiger partial charge in [-0.3, -0.25) is 9.48 Å². The van der Waals surface area contributed by atoms with Crippen LogP contribution in [0.3, 0.4) is 0 Å². The minimum Gasteiger partial charge on any atom is -0.346 e. The number of quaternary nitrogens is 1. The van der Waals surface area contributed by atoms with Crippen LogP contribution in [0, 0.1) is 0 Å². The number of carbonyl (C=O) groups is 1. The smallest absolute Gasteiger partial charge is 0.254 e. The lowest BCUT2D eigenvalue weighted by molar-refractivity contribution is -0.856. The van der Waals surface area contributed by atoms with Gasteiger partial charge in [0.25, 0.3) is 5.91 Å². The van der Waals surface area contributed by atoms with Gasteiger partial charge in [-0.15, -0.1) is 0 Å².